The van der Waals surface area contributed by atoms with E-state index in [9.17, 15) is 9.90 Å². The van der Waals surface area contributed by atoms with Crippen LogP contribution in [-0.2, 0) is 17.6 Å². The van der Waals surface area contributed by atoms with E-state index < -0.39 is 6.10 Å². The molecular formula is C24H28Cl2O4S. The van der Waals surface area contributed by atoms with E-state index in [4.69, 9.17) is 32.7 Å². The van der Waals surface area contributed by atoms with Crippen molar-refractivity contribution in [2.24, 2.45) is 11.3 Å². The number of benzene rings is 1. The summed E-state index contributed by atoms with van der Waals surface area (Å²) in [5.74, 6) is 1.86. The Morgan fingerprint density at radius 3 is 2.61 bits per heavy atom. The first-order valence-electron chi connectivity index (χ1n) is 10.6. The maximum atomic E-state index is 13.0. The van der Waals surface area contributed by atoms with E-state index in [0.29, 0.717) is 45.9 Å². The lowest BCUT2D eigenvalue weighted by atomic mass is 9.94. The molecule has 1 N–H and O–H groups in total. The number of hydrogen-bond donors (Lipinski definition) is 1. The highest BCUT2D eigenvalue weighted by Crippen LogP contribution is 2.71. The summed E-state index contributed by atoms with van der Waals surface area (Å²) >= 11 is 14.4. The lowest BCUT2D eigenvalue weighted by Gasteiger charge is -2.14. The Balaban J connectivity index is 1.41. The van der Waals surface area contributed by atoms with Crippen molar-refractivity contribution in [1.82, 2.24) is 0 Å². The van der Waals surface area contributed by atoms with Gasteiger partial charge in [-0.25, -0.2) is 0 Å². The van der Waals surface area contributed by atoms with Crippen LogP contribution in [-0.4, -0.2) is 37.3 Å². The van der Waals surface area contributed by atoms with Gasteiger partial charge in [0.15, 0.2) is 11.5 Å². The van der Waals surface area contributed by atoms with E-state index in [-0.39, 0.29) is 19.0 Å². The summed E-state index contributed by atoms with van der Waals surface area (Å²) in [6, 6.07) is 3.56. The van der Waals surface area contributed by atoms with Gasteiger partial charge in [0.05, 0.1) is 21.5 Å². The van der Waals surface area contributed by atoms with Crippen LogP contribution in [0.5, 0.6) is 5.75 Å². The van der Waals surface area contributed by atoms with Crippen molar-refractivity contribution in [3.05, 3.63) is 48.6 Å². The summed E-state index contributed by atoms with van der Waals surface area (Å²) in [5, 5.41) is 10.5. The lowest BCUT2D eigenvalue weighted by Crippen LogP contribution is -2.22. The zero-order valence-corrected chi connectivity index (χ0v) is 20.6. The van der Waals surface area contributed by atoms with Crippen LogP contribution < -0.4 is 4.74 Å². The number of methoxy groups -OCH3 is 1. The number of ketones is 1. The van der Waals surface area contributed by atoms with Crippen LogP contribution in [0, 0.1) is 18.3 Å². The van der Waals surface area contributed by atoms with Gasteiger partial charge in [-0.15, -0.1) is 11.3 Å². The third-order valence-electron chi connectivity index (χ3n) is 6.75. The van der Waals surface area contributed by atoms with Gasteiger partial charge in [0.1, 0.15) is 12.7 Å². The highest BCUT2D eigenvalue weighted by atomic mass is 35.5. The zero-order valence-electron chi connectivity index (χ0n) is 18.3. The summed E-state index contributed by atoms with van der Waals surface area (Å²) < 4.78 is 10.4. The third kappa shape index (κ3) is 4.28. The van der Waals surface area contributed by atoms with E-state index in [1.165, 1.54) is 23.1 Å². The number of ether oxygens (including phenoxy) is 2. The van der Waals surface area contributed by atoms with Gasteiger partial charge >= 0.3 is 0 Å². The number of hydrogen-bond acceptors (Lipinski definition) is 5. The van der Waals surface area contributed by atoms with Gasteiger partial charge in [0.2, 0.25) is 0 Å². The summed E-state index contributed by atoms with van der Waals surface area (Å²) in [4.78, 5) is 15.3. The fourth-order valence-electron chi connectivity index (χ4n) is 5.04. The molecule has 2 aliphatic carbocycles. The normalized spacial score (nSPS) is 21.5. The van der Waals surface area contributed by atoms with E-state index >= 15 is 0 Å². The maximum absolute atomic E-state index is 13.0. The molecule has 0 bridgehead atoms. The van der Waals surface area contributed by atoms with Crippen molar-refractivity contribution in [3.8, 4) is 5.75 Å². The van der Waals surface area contributed by atoms with Gasteiger partial charge < -0.3 is 14.6 Å². The summed E-state index contributed by atoms with van der Waals surface area (Å²) in [6.07, 6.45) is 1.26. The molecule has 2 aliphatic rings. The number of rotatable bonds is 9. The Labute approximate surface area is 197 Å². The van der Waals surface area contributed by atoms with Crippen molar-refractivity contribution < 1.29 is 19.4 Å². The molecule has 2 aromatic rings. The average Bonchev–Trinajstić information content (AvgIpc) is 3.02. The molecule has 0 aliphatic heterocycles. The number of halogens is 2. The Bertz CT molecular complexity index is 990. The first-order chi connectivity index (χ1) is 14.6. The Kier molecular flexibility index (Phi) is 6.46. The second-order valence-electron chi connectivity index (χ2n) is 9.22. The van der Waals surface area contributed by atoms with Crippen LogP contribution in [0.2, 0.25) is 10.0 Å². The number of thiophene rings is 1. The fraction of sp³-hybridized carbons (Fsp3) is 0.542. The van der Waals surface area contributed by atoms with Crippen molar-refractivity contribution in [2.75, 3.05) is 20.3 Å². The standard InChI is InChI=1S/C24H28Cl2O4S/c1-12-20-15(9-16-21(20)24(16,2)3)23(31-12)19(28)6-5-13-7-17(25)22(18(26)8-13)30-11-14(27)10-29-4/h7-8,14,16,21,27H,5-6,9-11H2,1-4H3/t14?,16-,21-/m1/s1. The predicted molar refractivity (Wildman–Crippen MR) is 125 cm³/mol. The van der Waals surface area contributed by atoms with Gasteiger partial charge in [-0.05, 0) is 65.8 Å². The number of aliphatic hydroxyl groups excluding tert-OH is 1. The molecule has 1 heterocycles. The van der Waals surface area contributed by atoms with Crippen LogP contribution >= 0.6 is 34.5 Å². The molecule has 4 rings (SSSR count). The largest absolute Gasteiger partial charge is 0.488 e. The molecule has 1 aromatic carbocycles. The molecule has 1 aromatic heterocycles. The smallest absolute Gasteiger partial charge is 0.173 e. The Morgan fingerprint density at radius 2 is 1.97 bits per heavy atom. The lowest BCUT2D eigenvalue weighted by molar-refractivity contribution is 0.0326. The second kappa shape index (κ2) is 8.68. The van der Waals surface area contributed by atoms with Crippen molar-refractivity contribution in [3.63, 3.8) is 0 Å². The van der Waals surface area contributed by atoms with Gasteiger partial charge in [-0.1, -0.05) is 37.0 Å². The summed E-state index contributed by atoms with van der Waals surface area (Å²) in [6.45, 7) is 7.03. The molecule has 1 fully saturated rings. The molecule has 0 saturated heterocycles. The van der Waals surface area contributed by atoms with E-state index in [0.717, 1.165) is 16.9 Å². The molecule has 0 radical (unpaired) electrons. The highest BCUT2D eigenvalue weighted by Gasteiger charge is 2.63. The van der Waals surface area contributed by atoms with Gasteiger partial charge in [0, 0.05) is 18.4 Å². The Hall–Kier alpha value is -1.11. The van der Waals surface area contributed by atoms with Crippen molar-refractivity contribution >= 4 is 40.3 Å². The molecule has 1 unspecified atom stereocenters. The van der Waals surface area contributed by atoms with E-state index in [2.05, 4.69) is 20.8 Å². The summed E-state index contributed by atoms with van der Waals surface area (Å²) in [5.41, 5.74) is 4.03. The fourth-order valence-corrected chi connectivity index (χ4v) is 6.88. The minimum Gasteiger partial charge on any atom is -0.488 e. The second-order valence-corrected chi connectivity index (χ2v) is 11.3. The number of carbonyl (C=O) groups excluding carboxylic acids is 1. The van der Waals surface area contributed by atoms with Crippen LogP contribution in [0.1, 0.15) is 57.4 Å². The van der Waals surface area contributed by atoms with Crippen LogP contribution in [0.3, 0.4) is 0 Å². The molecule has 0 spiro atoms. The van der Waals surface area contributed by atoms with Crippen LogP contribution in [0.4, 0.5) is 0 Å². The minimum absolute atomic E-state index is 0.0345. The number of aliphatic hydroxyl groups is 1. The van der Waals surface area contributed by atoms with Gasteiger partial charge in [0.25, 0.3) is 0 Å². The maximum Gasteiger partial charge on any atom is 0.173 e. The predicted octanol–water partition coefficient (Wildman–Crippen LogP) is 5.86. The van der Waals surface area contributed by atoms with Gasteiger partial charge in [-0.3, -0.25) is 4.79 Å². The molecule has 4 nitrogen and oxygen atoms in total. The first-order valence-corrected chi connectivity index (χ1v) is 12.2. The number of fused-ring (bicyclic) bond motifs is 3. The number of carbonyl (C=O) groups is 1. The molecule has 31 heavy (non-hydrogen) atoms. The zero-order chi connectivity index (χ0) is 22.5. The highest BCUT2D eigenvalue weighted by molar-refractivity contribution is 7.14. The molecule has 0 amide bonds. The minimum atomic E-state index is -0.762. The number of aryl methyl sites for hydroxylation is 2. The monoisotopic (exact) mass is 482 g/mol. The van der Waals surface area contributed by atoms with Crippen molar-refractivity contribution in [1.29, 1.82) is 0 Å². The number of Topliss-reactive ketones (excluding diaryl/α,β-unsaturated/α-hetero) is 1. The first kappa shape index (κ1) is 23.1. The third-order valence-corrected chi connectivity index (χ3v) is 8.52. The molecule has 168 valence electrons. The quantitative estimate of drug-likeness (QED) is 0.454. The van der Waals surface area contributed by atoms with E-state index in [1.54, 1.807) is 23.5 Å². The van der Waals surface area contributed by atoms with Crippen LogP contribution in [0.15, 0.2) is 12.1 Å². The summed E-state index contributed by atoms with van der Waals surface area (Å²) in [7, 11) is 1.51. The SMILES string of the molecule is COCC(O)COc1c(Cl)cc(CCC(=O)c2sc(C)c3c2C[C@@H]2[C@H]3C2(C)C)cc1Cl. The van der Waals surface area contributed by atoms with Crippen molar-refractivity contribution in [2.45, 2.75) is 52.1 Å². The molecule has 7 heteroatoms. The molecular weight excluding hydrogens is 455 g/mol. The van der Waals surface area contributed by atoms with E-state index in [1.807, 2.05) is 0 Å². The molecule has 3 atom stereocenters. The average molecular weight is 483 g/mol. The van der Waals surface area contributed by atoms with Crippen LogP contribution in [0.25, 0.3) is 0 Å². The van der Waals surface area contributed by atoms with Gasteiger partial charge in [-0.2, -0.15) is 0 Å². The Morgan fingerprint density at radius 1 is 1.29 bits per heavy atom. The topological polar surface area (TPSA) is 55.8 Å². The molecule has 1 saturated carbocycles.